The zero-order chi connectivity index (χ0) is 15.6. The van der Waals surface area contributed by atoms with Gasteiger partial charge in [0.15, 0.2) is 0 Å². The molecule has 0 aliphatic heterocycles. The van der Waals surface area contributed by atoms with Gasteiger partial charge in [-0.25, -0.2) is 4.79 Å². The van der Waals surface area contributed by atoms with E-state index >= 15 is 0 Å². The molecule has 0 atom stereocenters. The summed E-state index contributed by atoms with van der Waals surface area (Å²) in [4.78, 5) is 23.6. The average molecular weight is 286 g/mol. The molecule has 6 nitrogen and oxygen atoms in total. The number of hydrogen-bond donors (Lipinski definition) is 0. The molecule has 0 fully saturated rings. The van der Waals surface area contributed by atoms with Crippen molar-refractivity contribution < 1.29 is 13.9 Å². The van der Waals surface area contributed by atoms with Crippen LogP contribution >= 0.6 is 0 Å². The van der Waals surface area contributed by atoms with Gasteiger partial charge in [0.1, 0.15) is 17.4 Å². The number of furan rings is 1. The second-order valence-corrected chi connectivity index (χ2v) is 4.60. The van der Waals surface area contributed by atoms with E-state index in [0.717, 1.165) is 0 Å². The quantitative estimate of drug-likeness (QED) is 0.803. The monoisotopic (exact) mass is 286 g/mol. The average Bonchev–Trinajstić information content (AvgIpc) is 2.91. The number of ether oxygens (including phenoxy) is 1. The van der Waals surface area contributed by atoms with E-state index < -0.39 is 5.97 Å². The molecule has 2 aromatic heterocycles. The Kier molecular flexibility index (Phi) is 3.94. The van der Waals surface area contributed by atoms with Crippen molar-refractivity contribution in [3.63, 3.8) is 0 Å². The number of nitriles is 1. The number of carbonyl (C=O) groups is 1. The van der Waals surface area contributed by atoms with Gasteiger partial charge in [0.05, 0.1) is 13.7 Å². The Morgan fingerprint density at radius 2 is 2.14 bits per heavy atom. The van der Waals surface area contributed by atoms with Gasteiger partial charge in [0.25, 0.3) is 5.56 Å². The van der Waals surface area contributed by atoms with Crippen LogP contribution in [0, 0.1) is 25.2 Å². The standard InChI is InChI=1S/C15H14N2O4/c1-9-6-10(2)17(14(18)12(9)7-16)8-11-4-5-13(21-11)15(19)20-3/h4-6H,8H2,1-3H3. The highest BCUT2D eigenvalue weighted by Gasteiger charge is 2.14. The van der Waals surface area contributed by atoms with Gasteiger partial charge >= 0.3 is 5.97 Å². The molecule has 0 saturated heterocycles. The Hall–Kier alpha value is -2.81. The lowest BCUT2D eigenvalue weighted by molar-refractivity contribution is 0.0563. The van der Waals surface area contributed by atoms with Crippen LogP contribution in [0.25, 0.3) is 0 Å². The molecule has 0 spiro atoms. The van der Waals surface area contributed by atoms with E-state index in [1.165, 1.54) is 17.7 Å². The largest absolute Gasteiger partial charge is 0.463 e. The smallest absolute Gasteiger partial charge is 0.373 e. The Bertz CT molecular complexity index is 793. The summed E-state index contributed by atoms with van der Waals surface area (Å²) in [5.74, 6) is -0.0638. The second-order valence-electron chi connectivity index (χ2n) is 4.60. The lowest BCUT2D eigenvalue weighted by Gasteiger charge is -2.10. The Morgan fingerprint density at radius 3 is 2.76 bits per heavy atom. The maximum Gasteiger partial charge on any atom is 0.373 e. The van der Waals surface area contributed by atoms with Crippen LogP contribution in [0.4, 0.5) is 0 Å². The van der Waals surface area contributed by atoms with Gasteiger partial charge in [-0.2, -0.15) is 5.26 Å². The zero-order valence-corrected chi connectivity index (χ0v) is 12.0. The zero-order valence-electron chi connectivity index (χ0n) is 12.0. The number of aryl methyl sites for hydroxylation is 2. The Morgan fingerprint density at radius 1 is 1.43 bits per heavy atom. The van der Waals surface area contributed by atoms with Crippen molar-refractivity contribution in [3.05, 3.63) is 56.9 Å². The molecule has 0 aromatic carbocycles. The van der Waals surface area contributed by atoms with E-state index in [0.29, 0.717) is 17.0 Å². The van der Waals surface area contributed by atoms with Crippen molar-refractivity contribution in [2.75, 3.05) is 7.11 Å². The third-order valence-electron chi connectivity index (χ3n) is 3.18. The predicted molar refractivity (Wildman–Crippen MR) is 74.0 cm³/mol. The highest BCUT2D eigenvalue weighted by Crippen LogP contribution is 2.12. The van der Waals surface area contributed by atoms with Gasteiger partial charge in [0, 0.05) is 5.69 Å². The minimum absolute atomic E-state index is 0.0748. The van der Waals surface area contributed by atoms with Crippen LogP contribution in [0.15, 0.2) is 27.4 Å². The van der Waals surface area contributed by atoms with Crippen molar-refractivity contribution in [2.45, 2.75) is 20.4 Å². The number of aromatic nitrogens is 1. The third-order valence-corrected chi connectivity index (χ3v) is 3.18. The Balaban J connectivity index is 2.41. The van der Waals surface area contributed by atoms with Crippen molar-refractivity contribution in [2.24, 2.45) is 0 Å². The highest BCUT2D eigenvalue weighted by atomic mass is 16.5. The molecule has 0 saturated carbocycles. The molecular weight excluding hydrogens is 272 g/mol. The van der Waals surface area contributed by atoms with Crippen molar-refractivity contribution in [3.8, 4) is 6.07 Å². The summed E-state index contributed by atoms with van der Waals surface area (Å²) in [5.41, 5.74) is 1.10. The van der Waals surface area contributed by atoms with Crippen molar-refractivity contribution in [1.29, 1.82) is 5.26 Å². The van der Waals surface area contributed by atoms with Crippen LogP contribution in [0.3, 0.4) is 0 Å². The lowest BCUT2D eigenvalue weighted by atomic mass is 10.1. The van der Waals surface area contributed by atoms with Crippen LogP contribution < -0.4 is 5.56 Å². The molecule has 108 valence electrons. The molecule has 2 rings (SSSR count). The molecule has 0 aliphatic carbocycles. The number of rotatable bonds is 3. The van der Waals surface area contributed by atoms with E-state index in [1.807, 2.05) is 6.07 Å². The molecule has 0 bridgehead atoms. The van der Waals surface area contributed by atoms with Gasteiger partial charge < -0.3 is 13.7 Å². The van der Waals surface area contributed by atoms with E-state index in [1.54, 1.807) is 26.0 Å². The van der Waals surface area contributed by atoms with Crippen LogP contribution in [0.5, 0.6) is 0 Å². The molecular formula is C15H14N2O4. The number of pyridine rings is 1. The fourth-order valence-electron chi connectivity index (χ4n) is 2.09. The molecule has 0 aliphatic rings. The van der Waals surface area contributed by atoms with Gasteiger partial charge in [-0.15, -0.1) is 0 Å². The fraction of sp³-hybridized carbons (Fsp3) is 0.267. The summed E-state index contributed by atoms with van der Waals surface area (Å²) < 4.78 is 11.3. The summed E-state index contributed by atoms with van der Waals surface area (Å²) >= 11 is 0. The first-order valence-corrected chi connectivity index (χ1v) is 6.26. The maximum absolute atomic E-state index is 12.3. The maximum atomic E-state index is 12.3. The summed E-state index contributed by atoms with van der Waals surface area (Å²) in [5, 5.41) is 9.04. The third kappa shape index (κ3) is 2.72. The highest BCUT2D eigenvalue weighted by molar-refractivity contribution is 5.86. The lowest BCUT2D eigenvalue weighted by Crippen LogP contribution is -2.26. The first-order chi connectivity index (χ1) is 9.97. The molecule has 0 N–H and O–H groups in total. The molecule has 2 aromatic rings. The molecule has 21 heavy (non-hydrogen) atoms. The normalized spacial score (nSPS) is 10.2. The number of hydrogen-bond acceptors (Lipinski definition) is 5. The summed E-state index contributed by atoms with van der Waals surface area (Å²) in [6.07, 6.45) is 0. The minimum atomic E-state index is -0.577. The molecule has 0 unspecified atom stereocenters. The molecule has 0 radical (unpaired) electrons. The molecule has 6 heteroatoms. The fourth-order valence-corrected chi connectivity index (χ4v) is 2.09. The van der Waals surface area contributed by atoms with Crippen LogP contribution in [0.1, 0.15) is 33.1 Å². The SMILES string of the molecule is COC(=O)c1ccc(Cn2c(C)cc(C)c(C#N)c2=O)o1. The first-order valence-electron chi connectivity index (χ1n) is 6.26. The van der Waals surface area contributed by atoms with E-state index in [2.05, 4.69) is 4.74 Å². The predicted octanol–water partition coefficient (Wildman–Crippen LogP) is 1.76. The van der Waals surface area contributed by atoms with Crippen LogP contribution in [-0.2, 0) is 11.3 Å². The molecule has 2 heterocycles. The second kappa shape index (κ2) is 5.67. The topological polar surface area (TPSA) is 85.2 Å². The number of nitrogens with zero attached hydrogens (tertiary/aromatic N) is 2. The summed E-state index contributed by atoms with van der Waals surface area (Å²) in [6.45, 7) is 3.65. The Labute approximate surface area is 121 Å². The summed E-state index contributed by atoms with van der Waals surface area (Å²) in [7, 11) is 1.26. The number of esters is 1. The molecule has 0 amide bonds. The van der Waals surface area contributed by atoms with Gasteiger partial charge in [-0.1, -0.05) is 0 Å². The number of methoxy groups -OCH3 is 1. The van der Waals surface area contributed by atoms with Gasteiger partial charge in [0.2, 0.25) is 5.76 Å². The van der Waals surface area contributed by atoms with Crippen molar-refractivity contribution in [1.82, 2.24) is 4.57 Å². The minimum Gasteiger partial charge on any atom is -0.463 e. The first kappa shape index (κ1) is 14.6. The van der Waals surface area contributed by atoms with Crippen LogP contribution in [-0.4, -0.2) is 17.6 Å². The van der Waals surface area contributed by atoms with E-state index in [4.69, 9.17) is 9.68 Å². The van der Waals surface area contributed by atoms with Crippen molar-refractivity contribution >= 4 is 5.97 Å². The van der Waals surface area contributed by atoms with Gasteiger partial charge in [-0.3, -0.25) is 4.79 Å². The summed E-state index contributed by atoms with van der Waals surface area (Å²) in [6, 6.07) is 6.77. The van der Waals surface area contributed by atoms with Crippen LogP contribution in [0.2, 0.25) is 0 Å². The number of carbonyl (C=O) groups excluding carboxylic acids is 1. The van der Waals surface area contributed by atoms with E-state index in [-0.39, 0.29) is 23.4 Å². The van der Waals surface area contributed by atoms with E-state index in [9.17, 15) is 9.59 Å². The van der Waals surface area contributed by atoms with Gasteiger partial charge in [-0.05, 0) is 37.6 Å².